The number of hydrogen-bond donors (Lipinski definition) is 1. The van der Waals surface area contributed by atoms with Crippen LogP contribution in [0.25, 0.3) is 0 Å². The van der Waals surface area contributed by atoms with Crippen LogP contribution in [0.4, 0.5) is 0 Å². The van der Waals surface area contributed by atoms with E-state index in [1.165, 1.54) is 19.0 Å². The Morgan fingerprint density at radius 2 is 2.07 bits per heavy atom. The molecular weight excluding hydrogens is 202 g/mol. The van der Waals surface area contributed by atoms with Gasteiger partial charge in [-0.15, -0.1) is 0 Å². The molecule has 82 valence electrons. The van der Waals surface area contributed by atoms with E-state index in [4.69, 9.17) is 5.11 Å². The Morgan fingerprint density at radius 1 is 1.33 bits per heavy atom. The fourth-order valence-electron chi connectivity index (χ4n) is 3.06. The zero-order valence-electron chi connectivity index (χ0n) is 9.45. The standard InChI is InChI=1S/C12H20BOP/c13-15(11-5-2-1-3-6-11)10-4-7-12(15)8-9-14/h1-3,5-6,12,14-15H,4,7-10,13H2/t12-/m0/s1. The van der Waals surface area contributed by atoms with Crippen LogP contribution < -0.4 is 5.30 Å². The summed E-state index contributed by atoms with van der Waals surface area (Å²) in [5.41, 5.74) is 0.796. The number of benzene rings is 1. The molecule has 15 heavy (non-hydrogen) atoms. The van der Waals surface area contributed by atoms with E-state index >= 15 is 0 Å². The minimum absolute atomic E-state index is 0.361. The molecule has 0 unspecified atom stereocenters. The van der Waals surface area contributed by atoms with Crippen LogP contribution in [0, 0.1) is 0 Å². The van der Waals surface area contributed by atoms with Gasteiger partial charge in [0, 0.05) is 0 Å². The Labute approximate surface area is 93.6 Å². The molecule has 1 aliphatic rings. The van der Waals surface area contributed by atoms with Crippen molar-refractivity contribution in [3.8, 4) is 0 Å². The van der Waals surface area contributed by atoms with Gasteiger partial charge in [-0.2, -0.15) is 0 Å². The van der Waals surface area contributed by atoms with Crippen molar-refractivity contribution >= 4 is 20.0 Å². The first-order valence-electron chi connectivity index (χ1n) is 5.94. The first-order valence-corrected chi connectivity index (χ1v) is 8.72. The SMILES string of the molecule is B[PH]1(c2ccccc2)CCC[C@H]1CCO. The Bertz CT molecular complexity index is 317. The van der Waals surface area contributed by atoms with Gasteiger partial charge in [-0.25, -0.2) is 0 Å². The van der Waals surface area contributed by atoms with Crippen molar-refractivity contribution in [2.45, 2.75) is 24.9 Å². The van der Waals surface area contributed by atoms with Gasteiger partial charge in [0.25, 0.3) is 0 Å². The van der Waals surface area contributed by atoms with Gasteiger partial charge < -0.3 is 0 Å². The molecule has 1 fully saturated rings. The summed E-state index contributed by atoms with van der Waals surface area (Å²) in [6.45, 7) is 0.361. The summed E-state index contributed by atoms with van der Waals surface area (Å²) >= 11 is 0. The Hall–Kier alpha value is -0.325. The number of aliphatic hydroxyl groups excluding tert-OH is 1. The molecule has 0 amide bonds. The van der Waals surface area contributed by atoms with Crippen LogP contribution in [-0.2, 0) is 0 Å². The van der Waals surface area contributed by atoms with Crippen LogP contribution in [0.15, 0.2) is 30.3 Å². The van der Waals surface area contributed by atoms with Gasteiger partial charge in [-0.05, 0) is 0 Å². The van der Waals surface area contributed by atoms with Crippen molar-refractivity contribution in [3.63, 3.8) is 0 Å². The van der Waals surface area contributed by atoms with Gasteiger partial charge >= 0.3 is 93.1 Å². The van der Waals surface area contributed by atoms with Gasteiger partial charge in [0.05, 0.1) is 0 Å². The Morgan fingerprint density at radius 3 is 2.73 bits per heavy atom. The van der Waals surface area contributed by atoms with Gasteiger partial charge in [0.2, 0.25) is 0 Å². The van der Waals surface area contributed by atoms with E-state index < -0.39 is 7.14 Å². The third kappa shape index (κ3) is 2.12. The van der Waals surface area contributed by atoms with Crippen LogP contribution >= 0.6 is 7.14 Å². The molecule has 1 heterocycles. The molecule has 2 rings (SSSR count). The van der Waals surface area contributed by atoms with Gasteiger partial charge in [0.1, 0.15) is 0 Å². The Balaban J connectivity index is 2.25. The van der Waals surface area contributed by atoms with Gasteiger partial charge in [0.15, 0.2) is 0 Å². The third-order valence-corrected chi connectivity index (χ3v) is 9.48. The number of rotatable bonds is 3. The van der Waals surface area contributed by atoms with E-state index in [0.717, 1.165) is 12.1 Å². The van der Waals surface area contributed by atoms with E-state index in [9.17, 15) is 0 Å². The van der Waals surface area contributed by atoms with Crippen molar-refractivity contribution < 1.29 is 5.11 Å². The maximum absolute atomic E-state index is 9.13. The van der Waals surface area contributed by atoms with Crippen molar-refractivity contribution in [3.05, 3.63) is 30.3 Å². The van der Waals surface area contributed by atoms with Crippen molar-refractivity contribution in [1.29, 1.82) is 0 Å². The van der Waals surface area contributed by atoms with E-state index in [1.54, 1.807) is 5.30 Å². The van der Waals surface area contributed by atoms with Crippen LogP contribution in [0.2, 0.25) is 0 Å². The molecule has 0 saturated carbocycles. The second kappa shape index (κ2) is 4.68. The molecule has 1 aromatic carbocycles. The third-order valence-electron chi connectivity index (χ3n) is 4.06. The first kappa shape index (κ1) is 11.2. The summed E-state index contributed by atoms with van der Waals surface area (Å²) in [6, 6.07) is 11.0. The zero-order chi connectivity index (χ0) is 10.7. The monoisotopic (exact) mass is 222 g/mol. The normalized spacial score (nSPS) is 26.3. The fourth-order valence-corrected chi connectivity index (χ4v) is 7.72. The van der Waals surface area contributed by atoms with Gasteiger partial charge in [-0.3, -0.25) is 0 Å². The maximum atomic E-state index is 9.13. The van der Waals surface area contributed by atoms with Crippen LogP contribution in [0.3, 0.4) is 0 Å². The van der Waals surface area contributed by atoms with Crippen molar-refractivity contribution in [2.75, 3.05) is 12.8 Å². The Kier molecular flexibility index (Phi) is 3.48. The first-order chi connectivity index (χ1) is 7.27. The zero-order valence-corrected chi connectivity index (χ0v) is 10.4. The van der Waals surface area contributed by atoms with E-state index in [2.05, 4.69) is 37.9 Å². The number of aliphatic hydroxyl groups is 1. The average Bonchev–Trinajstić information content (AvgIpc) is 2.64. The van der Waals surface area contributed by atoms with Crippen molar-refractivity contribution in [2.24, 2.45) is 0 Å². The summed E-state index contributed by atoms with van der Waals surface area (Å²) in [4.78, 5) is 0. The molecule has 1 nitrogen and oxygen atoms in total. The molecule has 1 N–H and O–H groups in total. The molecule has 1 aliphatic heterocycles. The molecule has 0 radical (unpaired) electrons. The summed E-state index contributed by atoms with van der Waals surface area (Å²) in [5, 5.41) is 10.7. The van der Waals surface area contributed by atoms with Crippen molar-refractivity contribution in [1.82, 2.24) is 0 Å². The van der Waals surface area contributed by atoms with E-state index in [0.29, 0.717) is 6.61 Å². The molecule has 0 bridgehead atoms. The quantitative estimate of drug-likeness (QED) is 0.600. The van der Waals surface area contributed by atoms with Crippen LogP contribution in [0.1, 0.15) is 19.3 Å². The van der Waals surface area contributed by atoms with E-state index in [1.807, 2.05) is 0 Å². The topological polar surface area (TPSA) is 20.2 Å². The predicted octanol–water partition coefficient (Wildman–Crippen LogP) is 1.15. The summed E-state index contributed by atoms with van der Waals surface area (Å²) < 4.78 is 0. The summed E-state index contributed by atoms with van der Waals surface area (Å²) in [6.07, 6.45) is 5.11. The van der Waals surface area contributed by atoms with Crippen LogP contribution in [-0.4, -0.2) is 31.1 Å². The second-order valence-corrected chi connectivity index (χ2v) is 9.61. The molecule has 3 heteroatoms. The molecule has 0 spiro atoms. The fraction of sp³-hybridized carbons (Fsp3) is 0.500. The summed E-state index contributed by atoms with van der Waals surface area (Å²) in [5.74, 6) is 0. The molecule has 1 atom stereocenters. The number of hydrogen-bond acceptors (Lipinski definition) is 1. The predicted molar refractivity (Wildman–Crippen MR) is 72.5 cm³/mol. The summed E-state index contributed by atoms with van der Waals surface area (Å²) in [7, 11) is 1.22. The second-order valence-electron chi connectivity index (χ2n) is 4.88. The van der Waals surface area contributed by atoms with Gasteiger partial charge in [-0.1, -0.05) is 0 Å². The molecule has 1 saturated heterocycles. The molecule has 1 aromatic rings. The molecule has 0 aromatic heterocycles. The minimum atomic E-state index is -1.27. The molecule has 0 aliphatic carbocycles. The van der Waals surface area contributed by atoms with Crippen LogP contribution in [0.5, 0.6) is 0 Å². The average molecular weight is 222 g/mol. The van der Waals surface area contributed by atoms with E-state index in [-0.39, 0.29) is 0 Å². The molecular formula is C12H20BOP.